The number of hydrogen-bond donors (Lipinski definition) is 1. The zero-order valence-electron chi connectivity index (χ0n) is 8.55. The van der Waals surface area contributed by atoms with Gasteiger partial charge < -0.3 is 10.2 Å². The summed E-state index contributed by atoms with van der Waals surface area (Å²) in [6.45, 7) is 7.67. The number of rotatable bonds is 1. The van der Waals surface area contributed by atoms with Crippen molar-refractivity contribution in [3.05, 3.63) is 0 Å². The molecule has 0 spiro atoms. The van der Waals surface area contributed by atoms with Crippen LogP contribution in [-0.2, 0) is 4.79 Å². The first-order valence-corrected chi connectivity index (χ1v) is 4.64. The highest BCUT2D eigenvalue weighted by molar-refractivity contribution is 5.73. The van der Waals surface area contributed by atoms with E-state index in [-0.39, 0.29) is 5.91 Å². The number of hydrogen-bond acceptors (Lipinski definition) is 2. The Morgan fingerprint density at radius 2 is 2.08 bits per heavy atom. The fourth-order valence-corrected chi connectivity index (χ4v) is 1.34. The summed E-state index contributed by atoms with van der Waals surface area (Å²) < 4.78 is 0. The number of carbonyl (C=O) groups is 1. The lowest BCUT2D eigenvalue weighted by Crippen LogP contribution is -2.34. The van der Waals surface area contributed by atoms with Gasteiger partial charge in [-0.25, -0.2) is 0 Å². The largest absolute Gasteiger partial charge is 0.352 e. The van der Waals surface area contributed by atoms with Gasteiger partial charge in [-0.15, -0.1) is 0 Å². The van der Waals surface area contributed by atoms with Crippen LogP contribution < -0.4 is 5.32 Å². The molecule has 1 aliphatic rings. The van der Waals surface area contributed by atoms with E-state index in [9.17, 15) is 4.79 Å². The molecule has 0 bridgehead atoms. The van der Waals surface area contributed by atoms with Crippen molar-refractivity contribution in [3.8, 4) is 0 Å². The summed E-state index contributed by atoms with van der Waals surface area (Å²) in [5.41, 5.74) is 0. The smallest absolute Gasteiger partial charge is 0.217 e. The molecule has 0 aliphatic carbocycles. The molecular formula is C9H20N2O. The van der Waals surface area contributed by atoms with E-state index in [1.165, 1.54) is 0 Å². The maximum Gasteiger partial charge on any atom is 0.217 e. The van der Waals surface area contributed by atoms with Crippen molar-refractivity contribution in [1.29, 1.82) is 0 Å². The Balaban J connectivity index is 0.000000561. The molecule has 12 heavy (non-hydrogen) atoms. The zero-order valence-corrected chi connectivity index (χ0v) is 8.55. The third-order valence-electron chi connectivity index (χ3n) is 1.80. The molecule has 1 atom stereocenters. The van der Waals surface area contributed by atoms with Crippen molar-refractivity contribution in [2.75, 3.05) is 20.1 Å². The Hall–Kier alpha value is -0.570. The number of likely N-dealkylation sites (tertiary alicyclic amines) is 1. The predicted molar refractivity (Wildman–Crippen MR) is 51.1 cm³/mol. The summed E-state index contributed by atoms with van der Waals surface area (Å²) >= 11 is 0. The SMILES string of the molecule is CC.CC(=O)NC1CCN(C)C1. The summed E-state index contributed by atoms with van der Waals surface area (Å²) in [7, 11) is 2.07. The third kappa shape index (κ3) is 4.34. The molecule has 0 radical (unpaired) electrons. The van der Waals surface area contributed by atoms with Gasteiger partial charge in [-0.3, -0.25) is 4.79 Å². The standard InChI is InChI=1S/C7H14N2O.C2H6/c1-6(10)8-7-3-4-9(2)5-7;1-2/h7H,3-5H2,1-2H3,(H,8,10);1-2H3. The lowest BCUT2D eigenvalue weighted by molar-refractivity contribution is -0.119. The first kappa shape index (κ1) is 11.4. The van der Waals surface area contributed by atoms with E-state index in [2.05, 4.69) is 17.3 Å². The Morgan fingerprint density at radius 3 is 2.42 bits per heavy atom. The van der Waals surface area contributed by atoms with Crippen LogP contribution in [0.15, 0.2) is 0 Å². The summed E-state index contributed by atoms with van der Waals surface area (Å²) in [5, 5.41) is 2.89. The van der Waals surface area contributed by atoms with Crippen LogP contribution in [0.5, 0.6) is 0 Å². The quantitative estimate of drug-likeness (QED) is 0.636. The van der Waals surface area contributed by atoms with Crippen LogP contribution in [-0.4, -0.2) is 37.0 Å². The van der Waals surface area contributed by atoms with Crippen molar-refractivity contribution in [2.45, 2.75) is 33.2 Å². The minimum Gasteiger partial charge on any atom is -0.352 e. The molecule has 1 unspecified atom stereocenters. The van der Waals surface area contributed by atoms with Crippen LogP contribution in [0.1, 0.15) is 27.2 Å². The third-order valence-corrected chi connectivity index (χ3v) is 1.80. The molecular weight excluding hydrogens is 152 g/mol. The van der Waals surface area contributed by atoms with Crippen molar-refractivity contribution >= 4 is 5.91 Å². The van der Waals surface area contributed by atoms with E-state index in [4.69, 9.17) is 0 Å². The van der Waals surface area contributed by atoms with Gasteiger partial charge in [0.15, 0.2) is 0 Å². The Kier molecular flexibility index (Phi) is 5.72. The molecule has 1 fully saturated rings. The Bertz CT molecular complexity index is 136. The van der Waals surface area contributed by atoms with Crippen LogP contribution in [0.25, 0.3) is 0 Å². The number of nitrogens with zero attached hydrogens (tertiary/aromatic N) is 1. The average molecular weight is 172 g/mol. The van der Waals surface area contributed by atoms with Crippen LogP contribution >= 0.6 is 0 Å². The van der Waals surface area contributed by atoms with Crippen molar-refractivity contribution in [3.63, 3.8) is 0 Å². The summed E-state index contributed by atoms with van der Waals surface area (Å²) in [6, 6.07) is 0.391. The topological polar surface area (TPSA) is 32.3 Å². The molecule has 1 saturated heterocycles. The van der Waals surface area contributed by atoms with E-state index in [0.717, 1.165) is 19.5 Å². The number of amides is 1. The molecule has 3 heteroatoms. The van der Waals surface area contributed by atoms with Gasteiger partial charge in [0.2, 0.25) is 5.91 Å². The molecule has 0 aromatic heterocycles. The lowest BCUT2D eigenvalue weighted by atomic mass is 10.3. The molecule has 72 valence electrons. The molecule has 1 rings (SSSR count). The van der Waals surface area contributed by atoms with Gasteiger partial charge in [0.25, 0.3) is 0 Å². The molecule has 3 nitrogen and oxygen atoms in total. The minimum atomic E-state index is 0.0836. The highest BCUT2D eigenvalue weighted by Gasteiger charge is 2.19. The number of carbonyl (C=O) groups excluding carboxylic acids is 1. The highest BCUT2D eigenvalue weighted by atomic mass is 16.1. The molecule has 0 saturated carbocycles. The summed E-state index contributed by atoms with van der Waals surface area (Å²) in [6.07, 6.45) is 1.09. The van der Waals surface area contributed by atoms with Crippen molar-refractivity contribution < 1.29 is 4.79 Å². The van der Waals surface area contributed by atoms with E-state index < -0.39 is 0 Å². The second-order valence-corrected chi connectivity index (χ2v) is 2.95. The van der Waals surface area contributed by atoms with Crippen LogP contribution in [0.2, 0.25) is 0 Å². The molecule has 0 aromatic carbocycles. The van der Waals surface area contributed by atoms with Gasteiger partial charge in [-0.05, 0) is 20.0 Å². The molecule has 1 amide bonds. The lowest BCUT2D eigenvalue weighted by Gasteiger charge is -2.10. The normalized spacial score (nSPS) is 22.8. The van der Waals surface area contributed by atoms with Gasteiger partial charge in [0.05, 0.1) is 0 Å². The van der Waals surface area contributed by atoms with Crippen molar-refractivity contribution in [1.82, 2.24) is 10.2 Å². The fourth-order valence-electron chi connectivity index (χ4n) is 1.34. The highest BCUT2D eigenvalue weighted by Crippen LogP contribution is 2.05. The molecule has 1 N–H and O–H groups in total. The first-order chi connectivity index (χ1) is 5.68. The Labute approximate surface area is 75.1 Å². The van der Waals surface area contributed by atoms with Gasteiger partial charge in [0.1, 0.15) is 0 Å². The number of likely N-dealkylation sites (N-methyl/N-ethyl adjacent to an activating group) is 1. The van der Waals surface area contributed by atoms with E-state index >= 15 is 0 Å². The van der Waals surface area contributed by atoms with Gasteiger partial charge >= 0.3 is 0 Å². The minimum absolute atomic E-state index is 0.0836. The molecule has 0 aromatic rings. The van der Waals surface area contributed by atoms with Crippen LogP contribution in [0, 0.1) is 0 Å². The van der Waals surface area contributed by atoms with E-state index in [1.54, 1.807) is 6.92 Å². The van der Waals surface area contributed by atoms with Crippen molar-refractivity contribution in [2.24, 2.45) is 0 Å². The van der Waals surface area contributed by atoms with Crippen LogP contribution in [0.4, 0.5) is 0 Å². The Morgan fingerprint density at radius 1 is 1.50 bits per heavy atom. The van der Waals surface area contributed by atoms with Gasteiger partial charge in [-0.1, -0.05) is 13.8 Å². The van der Waals surface area contributed by atoms with Crippen LogP contribution in [0.3, 0.4) is 0 Å². The zero-order chi connectivity index (χ0) is 9.56. The summed E-state index contributed by atoms with van der Waals surface area (Å²) in [5.74, 6) is 0.0836. The second-order valence-electron chi connectivity index (χ2n) is 2.95. The van der Waals surface area contributed by atoms with Gasteiger partial charge in [0, 0.05) is 19.5 Å². The predicted octanol–water partition coefficient (Wildman–Crippen LogP) is 0.853. The van der Waals surface area contributed by atoms with Gasteiger partial charge in [-0.2, -0.15) is 0 Å². The maximum atomic E-state index is 10.6. The van der Waals surface area contributed by atoms with E-state index in [1.807, 2.05) is 13.8 Å². The number of nitrogens with one attached hydrogen (secondary N) is 1. The summed E-state index contributed by atoms with van der Waals surface area (Å²) in [4.78, 5) is 12.8. The second kappa shape index (κ2) is 6.00. The average Bonchev–Trinajstić information content (AvgIpc) is 2.39. The molecule has 1 heterocycles. The monoisotopic (exact) mass is 172 g/mol. The molecule has 1 aliphatic heterocycles. The van der Waals surface area contributed by atoms with E-state index in [0.29, 0.717) is 6.04 Å². The maximum absolute atomic E-state index is 10.6. The fraction of sp³-hybridized carbons (Fsp3) is 0.889. The first-order valence-electron chi connectivity index (χ1n) is 4.64.